The molecule has 4 heteroatoms. The molecule has 1 N–H and O–H groups in total. The Labute approximate surface area is 130 Å². The summed E-state index contributed by atoms with van der Waals surface area (Å²) in [6.45, 7) is 3.16. The summed E-state index contributed by atoms with van der Waals surface area (Å²) in [6, 6.07) is 0. The molecular weight excluding hydrogens is 314 g/mol. The van der Waals surface area contributed by atoms with Crippen molar-refractivity contribution >= 4 is 21.7 Å². The Kier molecular flexibility index (Phi) is 4.59. The van der Waals surface area contributed by atoms with Crippen molar-refractivity contribution in [1.82, 2.24) is 9.97 Å². The van der Waals surface area contributed by atoms with Crippen molar-refractivity contribution in [3.8, 4) is 0 Å². The van der Waals surface area contributed by atoms with Crippen LogP contribution in [0.5, 0.6) is 0 Å². The maximum atomic E-state index is 4.91. The molecule has 0 saturated heterocycles. The number of hydrogen-bond acceptors (Lipinski definition) is 3. The zero-order valence-corrected chi connectivity index (χ0v) is 13.9. The summed E-state index contributed by atoms with van der Waals surface area (Å²) < 4.78 is 1.11. The van der Waals surface area contributed by atoms with E-state index in [0.717, 1.165) is 41.4 Å². The molecule has 0 amide bonds. The Morgan fingerprint density at radius 2 is 1.90 bits per heavy atom. The molecule has 20 heavy (non-hydrogen) atoms. The molecule has 2 fully saturated rings. The van der Waals surface area contributed by atoms with Gasteiger partial charge in [-0.15, -0.1) is 0 Å². The van der Waals surface area contributed by atoms with E-state index < -0.39 is 0 Å². The molecule has 0 atom stereocenters. The molecule has 1 aromatic heterocycles. The van der Waals surface area contributed by atoms with Gasteiger partial charge in [0.2, 0.25) is 0 Å². The summed E-state index contributed by atoms with van der Waals surface area (Å²) >= 11 is 3.75. The van der Waals surface area contributed by atoms with Crippen LogP contribution in [0.3, 0.4) is 0 Å². The third kappa shape index (κ3) is 3.33. The first kappa shape index (κ1) is 14.3. The molecular formula is C16H24BrN3. The molecule has 0 bridgehead atoms. The lowest BCUT2D eigenvalue weighted by Gasteiger charge is -2.16. The van der Waals surface area contributed by atoms with E-state index in [9.17, 15) is 0 Å². The van der Waals surface area contributed by atoms with E-state index in [0.29, 0.717) is 5.92 Å². The second kappa shape index (κ2) is 6.42. The van der Waals surface area contributed by atoms with Crippen molar-refractivity contribution in [2.24, 2.45) is 5.92 Å². The number of aromatic nitrogens is 2. The highest BCUT2D eigenvalue weighted by atomic mass is 79.9. The Morgan fingerprint density at radius 3 is 2.55 bits per heavy atom. The van der Waals surface area contributed by atoms with Crippen molar-refractivity contribution in [2.75, 3.05) is 11.9 Å². The summed E-state index contributed by atoms with van der Waals surface area (Å²) in [7, 11) is 0. The van der Waals surface area contributed by atoms with E-state index in [4.69, 9.17) is 9.97 Å². The SMILES string of the molecule is CCCNc1nc(CC2CC2)nc(C2CCCC2)c1Br. The van der Waals surface area contributed by atoms with Crippen LogP contribution in [0.4, 0.5) is 5.82 Å². The summed E-state index contributed by atoms with van der Waals surface area (Å²) in [5.41, 5.74) is 1.26. The highest BCUT2D eigenvalue weighted by molar-refractivity contribution is 9.10. The van der Waals surface area contributed by atoms with Crippen molar-refractivity contribution < 1.29 is 0 Å². The Bertz CT molecular complexity index is 465. The number of halogens is 1. The molecule has 1 aromatic rings. The Morgan fingerprint density at radius 1 is 1.15 bits per heavy atom. The highest BCUT2D eigenvalue weighted by Crippen LogP contribution is 2.39. The topological polar surface area (TPSA) is 37.8 Å². The Balaban J connectivity index is 1.88. The van der Waals surface area contributed by atoms with E-state index in [1.54, 1.807) is 0 Å². The van der Waals surface area contributed by atoms with Gasteiger partial charge in [0.15, 0.2) is 0 Å². The van der Waals surface area contributed by atoms with Crippen LogP contribution in [0.15, 0.2) is 4.47 Å². The first-order chi connectivity index (χ1) is 9.78. The van der Waals surface area contributed by atoms with Gasteiger partial charge < -0.3 is 5.32 Å². The molecule has 110 valence electrons. The fraction of sp³-hybridized carbons (Fsp3) is 0.750. The van der Waals surface area contributed by atoms with E-state index >= 15 is 0 Å². The van der Waals surface area contributed by atoms with Gasteiger partial charge in [-0.1, -0.05) is 19.8 Å². The van der Waals surface area contributed by atoms with Crippen molar-refractivity contribution in [2.45, 2.75) is 64.2 Å². The van der Waals surface area contributed by atoms with Crippen LogP contribution in [0.1, 0.15) is 69.3 Å². The van der Waals surface area contributed by atoms with Gasteiger partial charge in [0, 0.05) is 18.9 Å². The van der Waals surface area contributed by atoms with Gasteiger partial charge in [-0.2, -0.15) is 0 Å². The minimum Gasteiger partial charge on any atom is -0.369 e. The van der Waals surface area contributed by atoms with Crippen LogP contribution in [0, 0.1) is 5.92 Å². The first-order valence-electron chi connectivity index (χ1n) is 8.08. The van der Waals surface area contributed by atoms with Gasteiger partial charge in [-0.25, -0.2) is 9.97 Å². The van der Waals surface area contributed by atoms with E-state index in [1.165, 1.54) is 44.2 Å². The number of rotatable bonds is 6. The molecule has 2 saturated carbocycles. The second-order valence-corrected chi connectivity index (χ2v) is 7.04. The summed E-state index contributed by atoms with van der Waals surface area (Å²) in [5, 5.41) is 3.46. The molecule has 0 spiro atoms. The highest BCUT2D eigenvalue weighted by Gasteiger charge is 2.27. The van der Waals surface area contributed by atoms with Crippen LogP contribution in [-0.4, -0.2) is 16.5 Å². The number of anilines is 1. The predicted octanol–water partition coefficient (Wildman–Crippen LogP) is 4.67. The van der Waals surface area contributed by atoms with Gasteiger partial charge in [-0.3, -0.25) is 0 Å². The average Bonchev–Trinajstić information content (AvgIpc) is 3.09. The van der Waals surface area contributed by atoms with Gasteiger partial charge in [0.05, 0.1) is 10.2 Å². The molecule has 0 radical (unpaired) electrons. The minimum atomic E-state index is 0.632. The maximum Gasteiger partial charge on any atom is 0.144 e. The van der Waals surface area contributed by atoms with Crippen LogP contribution in [0.25, 0.3) is 0 Å². The maximum absolute atomic E-state index is 4.91. The van der Waals surface area contributed by atoms with Crippen molar-refractivity contribution in [3.05, 3.63) is 16.0 Å². The third-order valence-corrected chi connectivity index (χ3v) is 5.16. The lowest BCUT2D eigenvalue weighted by Crippen LogP contribution is -2.11. The number of nitrogens with zero attached hydrogens (tertiary/aromatic N) is 2. The van der Waals surface area contributed by atoms with E-state index in [2.05, 4.69) is 28.2 Å². The van der Waals surface area contributed by atoms with Gasteiger partial charge in [0.25, 0.3) is 0 Å². The lowest BCUT2D eigenvalue weighted by atomic mass is 10.0. The van der Waals surface area contributed by atoms with Gasteiger partial charge >= 0.3 is 0 Å². The molecule has 3 nitrogen and oxygen atoms in total. The van der Waals surface area contributed by atoms with Crippen LogP contribution < -0.4 is 5.32 Å². The fourth-order valence-corrected chi connectivity index (χ4v) is 3.66. The summed E-state index contributed by atoms with van der Waals surface area (Å²) in [4.78, 5) is 9.66. The zero-order valence-electron chi connectivity index (χ0n) is 12.3. The summed E-state index contributed by atoms with van der Waals surface area (Å²) in [6.07, 6.45) is 10.2. The first-order valence-corrected chi connectivity index (χ1v) is 8.87. The number of nitrogens with one attached hydrogen (secondary N) is 1. The number of hydrogen-bond donors (Lipinski definition) is 1. The Hall–Kier alpha value is -0.640. The minimum absolute atomic E-state index is 0.632. The molecule has 2 aliphatic carbocycles. The van der Waals surface area contributed by atoms with Gasteiger partial charge in [-0.05, 0) is 54.0 Å². The lowest BCUT2D eigenvalue weighted by molar-refractivity contribution is 0.668. The zero-order chi connectivity index (χ0) is 13.9. The molecule has 0 aliphatic heterocycles. The average molecular weight is 338 g/mol. The smallest absolute Gasteiger partial charge is 0.144 e. The van der Waals surface area contributed by atoms with Crippen molar-refractivity contribution in [3.63, 3.8) is 0 Å². The molecule has 0 aromatic carbocycles. The van der Waals surface area contributed by atoms with E-state index in [-0.39, 0.29) is 0 Å². The second-order valence-electron chi connectivity index (χ2n) is 6.24. The third-order valence-electron chi connectivity index (χ3n) is 4.38. The van der Waals surface area contributed by atoms with Crippen molar-refractivity contribution in [1.29, 1.82) is 0 Å². The molecule has 2 aliphatic rings. The molecule has 1 heterocycles. The standard InChI is InChI=1S/C16H24BrN3/c1-2-9-18-16-14(17)15(12-5-3-4-6-12)19-13(20-16)10-11-7-8-11/h11-12H,2-10H2,1H3,(H,18,19,20). The van der Waals surface area contributed by atoms with Crippen LogP contribution >= 0.6 is 15.9 Å². The largest absolute Gasteiger partial charge is 0.369 e. The van der Waals surface area contributed by atoms with E-state index in [1.807, 2.05) is 0 Å². The molecule has 3 rings (SSSR count). The quantitative estimate of drug-likeness (QED) is 0.819. The fourth-order valence-electron chi connectivity index (χ4n) is 3.01. The van der Waals surface area contributed by atoms with Gasteiger partial charge in [0.1, 0.15) is 11.6 Å². The summed E-state index contributed by atoms with van der Waals surface area (Å²) in [5.74, 6) is 3.54. The normalized spacial score (nSPS) is 19.5. The predicted molar refractivity (Wildman–Crippen MR) is 86.1 cm³/mol. The monoisotopic (exact) mass is 337 g/mol. The van der Waals surface area contributed by atoms with Crippen LogP contribution in [-0.2, 0) is 6.42 Å². The molecule has 0 unspecified atom stereocenters. The van der Waals surface area contributed by atoms with Crippen LogP contribution in [0.2, 0.25) is 0 Å².